The molecule has 0 saturated heterocycles. The summed E-state index contributed by atoms with van der Waals surface area (Å²) in [5, 5.41) is 3.33. The number of nitrogens with one attached hydrogen (secondary N) is 1. The fourth-order valence-corrected chi connectivity index (χ4v) is 1.36. The molecule has 1 heterocycles. The largest absolute Gasteiger partial charge is 0.385 e. The summed E-state index contributed by atoms with van der Waals surface area (Å²) in [6, 6.07) is 2.07. The van der Waals surface area contributed by atoms with E-state index in [2.05, 4.69) is 10.3 Å². The fourth-order valence-electron chi connectivity index (χ4n) is 1.36. The molecule has 0 spiro atoms. The molecule has 3 N–H and O–H groups in total. The lowest BCUT2D eigenvalue weighted by Gasteiger charge is -2.12. The van der Waals surface area contributed by atoms with Gasteiger partial charge in [0.15, 0.2) is 0 Å². The summed E-state index contributed by atoms with van der Waals surface area (Å²) in [6.45, 7) is 3.50. The van der Waals surface area contributed by atoms with E-state index in [1.165, 1.54) is 0 Å². The topological polar surface area (TPSA) is 60.2 Å². The van der Waals surface area contributed by atoms with Crippen LogP contribution >= 0.6 is 0 Å². The average Bonchev–Trinajstić information content (AvgIpc) is 2.21. The molecule has 0 aliphatic rings. The van der Waals surface area contributed by atoms with Gasteiger partial charge in [0.1, 0.15) is 0 Å². The van der Waals surface area contributed by atoms with Crippen molar-refractivity contribution in [1.29, 1.82) is 0 Å². The van der Waals surface area contributed by atoms with E-state index in [0.717, 1.165) is 24.2 Å². The molecule has 1 unspecified atom stereocenters. The molecule has 1 rings (SSSR count). The zero-order chi connectivity index (χ0) is 11.1. The normalized spacial score (nSPS) is 12.5. The van der Waals surface area contributed by atoms with Gasteiger partial charge in [0.2, 0.25) is 0 Å². The average molecular weight is 209 g/mol. The van der Waals surface area contributed by atoms with Crippen molar-refractivity contribution in [3.05, 3.63) is 24.0 Å². The van der Waals surface area contributed by atoms with Gasteiger partial charge < -0.3 is 15.8 Å². The Morgan fingerprint density at radius 1 is 1.60 bits per heavy atom. The van der Waals surface area contributed by atoms with E-state index in [1.807, 2.05) is 19.2 Å². The number of aryl methyl sites for hydroxylation is 1. The van der Waals surface area contributed by atoms with Crippen LogP contribution in [0.25, 0.3) is 0 Å². The number of nitrogens with zero attached hydrogens (tertiary/aromatic N) is 1. The highest BCUT2D eigenvalue weighted by molar-refractivity contribution is 5.48. The predicted octanol–water partition coefficient (Wildman–Crippen LogP) is 1.17. The van der Waals surface area contributed by atoms with E-state index in [4.69, 9.17) is 10.5 Å². The van der Waals surface area contributed by atoms with Crippen LogP contribution in [0.3, 0.4) is 0 Å². The minimum absolute atomic E-state index is 0.102. The SMILES string of the molecule is COCC(N)CCNc1ccncc1C. The maximum atomic E-state index is 5.81. The van der Waals surface area contributed by atoms with Gasteiger partial charge in [-0.1, -0.05) is 0 Å². The molecule has 1 aromatic heterocycles. The van der Waals surface area contributed by atoms with E-state index in [-0.39, 0.29) is 6.04 Å². The van der Waals surface area contributed by atoms with Crippen molar-refractivity contribution < 1.29 is 4.74 Å². The van der Waals surface area contributed by atoms with Crippen molar-refractivity contribution >= 4 is 5.69 Å². The number of hydrogen-bond donors (Lipinski definition) is 2. The van der Waals surface area contributed by atoms with E-state index in [1.54, 1.807) is 13.3 Å². The highest BCUT2D eigenvalue weighted by atomic mass is 16.5. The Morgan fingerprint density at radius 3 is 3.07 bits per heavy atom. The summed E-state index contributed by atoms with van der Waals surface area (Å²) < 4.78 is 4.97. The second-order valence-electron chi connectivity index (χ2n) is 3.62. The van der Waals surface area contributed by atoms with Crippen LogP contribution in [0.1, 0.15) is 12.0 Å². The standard InChI is InChI=1S/C11H19N3O/c1-9-7-13-5-4-11(9)14-6-3-10(12)8-15-2/h4-5,7,10H,3,6,8,12H2,1-2H3,(H,13,14). The Morgan fingerprint density at radius 2 is 2.40 bits per heavy atom. The second kappa shape index (κ2) is 6.37. The van der Waals surface area contributed by atoms with Gasteiger partial charge in [0.05, 0.1) is 6.61 Å². The van der Waals surface area contributed by atoms with Gasteiger partial charge in [-0.3, -0.25) is 4.98 Å². The van der Waals surface area contributed by atoms with Crippen LogP contribution < -0.4 is 11.1 Å². The highest BCUT2D eigenvalue weighted by Gasteiger charge is 2.01. The fraction of sp³-hybridized carbons (Fsp3) is 0.545. The molecule has 84 valence electrons. The molecule has 1 aromatic rings. The summed E-state index contributed by atoms with van der Waals surface area (Å²) in [5.41, 5.74) is 8.08. The Hall–Kier alpha value is -1.13. The molecule has 15 heavy (non-hydrogen) atoms. The Bertz CT molecular complexity index is 291. The van der Waals surface area contributed by atoms with Gasteiger partial charge in [-0.05, 0) is 25.0 Å². The molecule has 4 nitrogen and oxygen atoms in total. The number of ether oxygens (including phenoxy) is 1. The molecule has 1 atom stereocenters. The van der Waals surface area contributed by atoms with Crippen molar-refractivity contribution in [2.24, 2.45) is 5.73 Å². The van der Waals surface area contributed by atoms with Crippen LogP contribution in [-0.4, -0.2) is 31.3 Å². The number of nitrogens with two attached hydrogens (primary N) is 1. The summed E-state index contributed by atoms with van der Waals surface area (Å²) in [6.07, 6.45) is 4.53. The van der Waals surface area contributed by atoms with Crippen molar-refractivity contribution in [3.8, 4) is 0 Å². The van der Waals surface area contributed by atoms with Crippen LogP contribution in [0.15, 0.2) is 18.5 Å². The number of rotatable bonds is 6. The molecule has 0 radical (unpaired) electrons. The summed E-state index contributed by atoms with van der Waals surface area (Å²) in [5.74, 6) is 0. The smallest absolute Gasteiger partial charge is 0.0614 e. The van der Waals surface area contributed by atoms with Gasteiger partial charge in [-0.15, -0.1) is 0 Å². The first-order chi connectivity index (χ1) is 7.24. The highest BCUT2D eigenvalue weighted by Crippen LogP contribution is 2.11. The third-order valence-corrected chi connectivity index (χ3v) is 2.23. The van der Waals surface area contributed by atoms with Gasteiger partial charge in [-0.2, -0.15) is 0 Å². The van der Waals surface area contributed by atoms with Crippen LogP contribution in [0.5, 0.6) is 0 Å². The van der Waals surface area contributed by atoms with E-state index in [0.29, 0.717) is 6.61 Å². The molecule has 4 heteroatoms. The molecule has 0 amide bonds. The van der Waals surface area contributed by atoms with Gasteiger partial charge in [0, 0.05) is 37.8 Å². The number of methoxy groups -OCH3 is 1. The second-order valence-corrected chi connectivity index (χ2v) is 3.62. The molecule has 0 aromatic carbocycles. The van der Waals surface area contributed by atoms with Gasteiger partial charge >= 0.3 is 0 Å². The lowest BCUT2D eigenvalue weighted by molar-refractivity contribution is 0.178. The maximum absolute atomic E-state index is 5.81. The lowest BCUT2D eigenvalue weighted by Crippen LogP contribution is -2.28. The number of hydrogen-bond acceptors (Lipinski definition) is 4. The quantitative estimate of drug-likeness (QED) is 0.738. The van der Waals surface area contributed by atoms with Crippen LogP contribution in [0.4, 0.5) is 5.69 Å². The predicted molar refractivity (Wildman–Crippen MR) is 61.9 cm³/mol. The van der Waals surface area contributed by atoms with E-state index in [9.17, 15) is 0 Å². The maximum Gasteiger partial charge on any atom is 0.0614 e. The first-order valence-corrected chi connectivity index (χ1v) is 5.13. The molecule has 0 aliphatic carbocycles. The minimum atomic E-state index is 0.102. The Labute approximate surface area is 90.8 Å². The van der Waals surface area contributed by atoms with Crippen molar-refractivity contribution in [2.75, 3.05) is 25.6 Å². The third-order valence-electron chi connectivity index (χ3n) is 2.23. The molecule has 0 bridgehead atoms. The number of anilines is 1. The van der Waals surface area contributed by atoms with Crippen LogP contribution in [-0.2, 0) is 4.74 Å². The van der Waals surface area contributed by atoms with Gasteiger partial charge in [-0.25, -0.2) is 0 Å². The molecule has 0 fully saturated rings. The number of pyridine rings is 1. The van der Waals surface area contributed by atoms with Crippen LogP contribution in [0.2, 0.25) is 0 Å². The molecular weight excluding hydrogens is 190 g/mol. The van der Waals surface area contributed by atoms with Gasteiger partial charge in [0.25, 0.3) is 0 Å². The first kappa shape index (κ1) is 11.9. The molecule has 0 aliphatic heterocycles. The lowest BCUT2D eigenvalue weighted by atomic mass is 10.2. The summed E-state index contributed by atoms with van der Waals surface area (Å²) in [7, 11) is 1.67. The monoisotopic (exact) mass is 209 g/mol. The van der Waals surface area contributed by atoms with E-state index >= 15 is 0 Å². The number of aromatic nitrogens is 1. The van der Waals surface area contributed by atoms with Crippen molar-refractivity contribution in [2.45, 2.75) is 19.4 Å². The van der Waals surface area contributed by atoms with Crippen molar-refractivity contribution in [1.82, 2.24) is 4.98 Å². The first-order valence-electron chi connectivity index (χ1n) is 5.13. The third kappa shape index (κ3) is 4.27. The van der Waals surface area contributed by atoms with Crippen molar-refractivity contribution in [3.63, 3.8) is 0 Å². The Balaban J connectivity index is 2.29. The summed E-state index contributed by atoms with van der Waals surface area (Å²) in [4.78, 5) is 4.03. The summed E-state index contributed by atoms with van der Waals surface area (Å²) >= 11 is 0. The molecule has 0 saturated carbocycles. The van der Waals surface area contributed by atoms with Crippen LogP contribution in [0, 0.1) is 6.92 Å². The zero-order valence-electron chi connectivity index (χ0n) is 9.36. The Kier molecular flexibility index (Phi) is 5.07. The zero-order valence-corrected chi connectivity index (χ0v) is 9.36. The minimum Gasteiger partial charge on any atom is -0.385 e. The molecular formula is C11H19N3O. The van der Waals surface area contributed by atoms with E-state index < -0.39 is 0 Å².